The van der Waals surface area contributed by atoms with Crippen LogP contribution in [0.3, 0.4) is 0 Å². The monoisotopic (exact) mass is 347 g/mol. The van der Waals surface area contributed by atoms with E-state index in [-0.39, 0.29) is 11.8 Å². The van der Waals surface area contributed by atoms with Crippen molar-refractivity contribution in [1.82, 2.24) is 14.9 Å². The molecule has 1 amide bonds. The number of rotatable bonds is 10. The molecule has 1 heterocycles. The Kier molecular flexibility index (Phi) is 9.09. The van der Waals surface area contributed by atoms with Crippen LogP contribution in [0.25, 0.3) is 0 Å². The quantitative estimate of drug-likeness (QED) is 0.585. The van der Waals surface area contributed by atoms with Crippen LogP contribution in [0, 0.1) is 5.92 Å². The molecule has 1 saturated heterocycles. The van der Waals surface area contributed by atoms with E-state index in [1.165, 1.54) is 17.1 Å². The number of sulfonamides is 1. The highest BCUT2D eigenvalue weighted by atomic mass is 32.2. The van der Waals surface area contributed by atoms with Gasteiger partial charge in [-0.1, -0.05) is 12.8 Å². The third-order valence-electron chi connectivity index (χ3n) is 4.43. The molecule has 2 N–H and O–H groups in total. The maximum Gasteiger partial charge on any atom is 0.223 e. The summed E-state index contributed by atoms with van der Waals surface area (Å²) in [5.41, 5.74) is 0. The minimum absolute atomic E-state index is 0.0436. The van der Waals surface area contributed by atoms with E-state index in [0.29, 0.717) is 25.9 Å². The molecule has 0 unspecified atom stereocenters. The summed E-state index contributed by atoms with van der Waals surface area (Å²) < 4.78 is 25.7. The minimum Gasteiger partial charge on any atom is -0.356 e. The lowest BCUT2D eigenvalue weighted by Crippen LogP contribution is -2.45. The van der Waals surface area contributed by atoms with Crippen LogP contribution >= 0.6 is 0 Å². The van der Waals surface area contributed by atoms with Crippen LogP contribution in [0.15, 0.2) is 0 Å². The van der Waals surface area contributed by atoms with Crippen molar-refractivity contribution >= 4 is 15.9 Å². The van der Waals surface area contributed by atoms with E-state index < -0.39 is 15.3 Å². The number of carbonyl (C=O) groups excluding carboxylic acids is 1. The van der Waals surface area contributed by atoms with Gasteiger partial charge in [-0.05, 0) is 53.1 Å². The fraction of sp³-hybridized carbons (Fsp3) is 0.938. The van der Waals surface area contributed by atoms with Crippen molar-refractivity contribution in [1.29, 1.82) is 0 Å². The summed E-state index contributed by atoms with van der Waals surface area (Å²) in [4.78, 5) is 12.1. The lowest BCUT2D eigenvalue weighted by atomic mass is 9.97. The molecule has 1 fully saturated rings. The number of piperidine rings is 1. The van der Waals surface area contributed by atoms with Gasteiger partial charge in [-0.2, -0.15) is 0 Å². The van der Waals surface area contributed by atoms with E-state index in [0.717, 1.165) is 25.9 Å². The van der Waals surface area contributed by atoms with E-state index >= 15 is 0 Å². The van der Waals surface area contributed by atoms with Gasteiger partial charge < -0.3 is 10.6 Å². The molecule has 0 aliphatic carbocycles. The molecule has 7 heteroatoms. The first-order chi connectivity index (χ1) is 10.9. The van der Waals surface area contributed by atoms with Gasteiger partial charge in [-0.25, -0.2) is 12.7 Å². The van der Waals surface area contributed by atoms with Crippen molar-refractivity contribution < 1.29 is 13.2 Å². The highest BCUT2D eigenvalue weighted by molar-refractivity contribution is 7.89. The summed E-state index contributed by atoms with van der Waals surface area (Å²) in [5, 5.41) is 5.73. The molecule has 0 aromatic heterocycles. The molecule has 0 atom stereocenters. The van der Waals surface area contributed by atoms with Crippen molar-refractivity contribution in [2.75, 3.05) is 33.2 Å². The molecular weight excluding hydrogens is 314 g/mol. The predicted molar refractivity (Wildman–Crippen MR) is 93.8 cm³/mol. The first-order valence-electron chi connectivity index (χ1n) is 8.81. The standard InChI is InChI=1S/C16H33N3O3S/c1-14(2)23(21,22)19-12-8-15(9-13-19)16(20)18-11-7-5-4-6-10-17-3/h14-15,17H,4-13H2,1-3H3,(H,18,20). The van der Waals surface area contributed by atoms with Crippen LogP contribution in [0.5, 0.6) is 0 Å². The Bertz CT molecular complexity index is 443. The first-order valence-corrected chi connectivity index (χ1v) is 10.3. The molecule has 0 bridgehead atoms. The van der Waals surface area contributed by atoms with Gasteiger partial charge in [0.15, 0.2) is 0 Å². The summed E-state index contributed by atoms with van der Waals surface area (Å²) in [7, 11) is -1.23. The molecule has 1 aliphatic rings. The third kappa shape index (κ3) is 6.77. The topological polar surface area (TPSA) is 78.5 Å². The molecule has 1 rings (SSSR count). The molecule has 0 saturated carbocycles. The number of hydrogen-bond donors (Lipinski definition) is 2. The average molecular weight is 348 g/mol. The smallest absolute Gasteiger partial charge is 0.223 e. The van der Waals surface area contributed by atoms with Gasteiger partial charge in [0.2, 0.25) is 15.9 Å². The van der Waals surface area contributed by atoms with Crippen LogP contribution in [-0.2, 0) is 14.8 Å². The van der Waals surface area contributed by atoms with Gasteiger partial charge in [0.1, 0.15) is 0 Å². The lowest BCUT2D eigenvalue weighted by Gasteiger charge is -2.31. The van der Waals surface area contributed by atoms with Crippen LogP contribution in [0.2, 0.25) is 0 Å². The summed E-state index contributed by atoms with van der Waals surface area (Å²) >= 11 is 0. The van der Waals surface area contributed by atoms with Crippen molar-refractivity contribution in [2.24, 2.45) is 5.92 Å². The molecule has 0 spiro atoms. The van der Waals surface area contributed by atoms with E-state index in [9.17, 15) is 13.2 Å². The Morgan fingerprint density at radius 2 is 1.65 bits per heavy atom. The summed E-state index contributed by atoms with van der Waals surface area (Å²) in [6, 6.07) is 0. The number of carbonyl (C=O) groups is 1. The van der Waals surface area contributed by atoms with Gasteiger partial charge in [-0.15, -0.1) is 0 Å². The second kappa shape index (κ2) is 10.3. The number of unbranched alkanes of at least 4 members (excludes halogenated alkanes) is 3. The summed E-state index contributed by atoms with van der Waals surface area (Å²) in [5.74, 6) is 0.0414. The summed E-state index contributed by atoms with van der Waals surface area (Å²) in [6.07, 6.45) is 5.75. The Balaban J connectivity index is 2.20. The Labute approximate surface area is 141 Å². The van der Waals surface area contributed by atoms with Crippen LogP contribution < -0.4 is 10.6 Å². The van der Waals surface area contributed by atoms with Crippen LogP contribution in [0.4, 0.5) is 0 Å². The van der Waals surface area contributed by atoms with Gasteiger partial charge in [0, 0.05) is 25.6 Å². The normalized spacial score (nSPS) is 17.6. The predicted octanol–water partition coefficient (Wildman–Crippen LogP) is 1.33. The Morgan fingerprint density at radius 1 is 1.09 bits per heavy atom. The average Bonchev–Trinajstić information content (AvgIpc) is 2.53. The van der Waals surface area contributed by atoms with Crippen LogP contribution in [-0.4, -0.2) is 57.1 Å². The molecule has 6 nitrogen and oxygen atoms in total. The highest BCUT2D eigenvalue weighted by Crippen LogP contribution is 2.21. The highest BCUT2D eigenvalue weighted by Gasteiger charge is 2.32. The van der Waals surface area contributed by atoms with Crippen molar-refractivity contribution in [3.05, 3.63) is 0 Å². The molecule has 1 aliphatic heterocycles. The zero-order chi connectivity index (χ0) is 17.3. The zero-order valence-corrected chi connectivity index (χ0v) is 15.6. The lowest BCUT2D eigenvalue weighted by molar-refractivity contribution is -0.126. The largest absolute Gasteiger partial charge is 0.356 e. The fourth-order valence-electron chi connectivity index (χ4n) is 2.81. The molecule has 0 aromatic rings. The summed E-state index contributed by atoms with van der Waals surface area (Å²) in [6.45, 7) is 6.09. The second-order valence-corrected chi connectivity index (χ2v) is 9.06. The van der Waals surface area contributed by atoms with Gasteiger partial charge >= 0.3 is 0 Å². The number of amides is 1. The van der Waals surface area contributed by atoms with Gasteiger partial charge in [0.05, 0.1) is 5.25 Å². The first kappa shape index (κ1) is 20.4. The number of nitrogens with zero attached hydrogens (tertiary/aromatic N) is 1. The van der Waals surface area contributed by atoms with E-state index in [1.54, 1.807) is 13.8 Å². The maximum absolute atomic E-state index is 12.1. The molecule has 23 heavy (non-hydrogen) atoms. The van der Waals surface area contributed by atoms with Crippen molar-refractivity contribution in [2.45, 2.75) is 57.6 Å². The van der Waals surface area contributed by atoms with E-state index in [1.807, 2.05) is 7.05 Å². The molecule has 136 valence electrons. The molecular formula is C16H33N3O3S. The van der Waals surface area contributed by atoms with Crippen LogP contribution in [0.1, 0.15) is 52.4 Å². The third-order valence-corrected chi connectivity index (χ3v) is 6.71. The van der Waals surface area contributed by atoms with E-state index in [4.69, 9.17) is 0 Å². The number of hydrogen-bond acceptors (Lipinski definition) is 4. The van der Waals surface area contributed by atoms with Gasteiger partial charge in [0.25, 0.3) is 0 Å². The van der Waals surface area contributed by atoms with Crippen molar-refractivity contribution in [3.63, 3.8) is 0 Å². The van der Waals surface area contributed by atoms with Crippen molar-refractivity contribution in [3.8, 4) is 0 Å². The minimum atomic E-state index is -3.18. The SMILES string of the molecule is CNCCCCCCNC(=O)C1CCN(S(=O)(=O)C(C)C)CC1. The fourth-order valence-corrected chi connectivity index (χ4v) is 4.12. The maximum atomic E-state index is 12.1. The molecule has 0 aromatic carbocycles. The zero-order valence-electron chi connectivity index (χ0n) is 14.8. The number of nitrogens with one attached hydrogen (secondary N) is 2. The second-order valence-electron chi connectivity index (χ2n) is 6.58. The Hall–Kier alpha value is -0.660. The molecule has 0 radical (unpaired) electrons. The Morgan fingerprint density at radius 3 is 2.17 bits per heavy atom. The van der Waals surface area contributed by atoms with E-state index in [2.05, 4.69) is 10.6 Å². The van der Waals surface area contributed by atoms with Gasteiger partial charge in [-0.3, -0.25) is 4.79 Å².